The number of rotatable bonds is 5. The maximum absolute atomic E-state index is 12.3. The second kappa shape index (κ2) is 7.24. The van der Waals surface area contributed by atoms with Crippen molar-refractivity contribution in [3.05, 3.63) is 68.8 Å². The van der Waals surface area contributed by atoms with Gasteiger partial charge < -0.3 is 9.15 Å². The molecule has 7 heteroatoms. The Morgan fingerprint density at radius 1 is 1.32 bits per heavy atom. The fourth-order valence-corrected chi connectivity index (χ4v) is 4.07. The van der Waals surface area contributed by atoms with Crippen LogP contribution in [-0.4, -0.2) is 15.4 Å². The standard InChI is InChI=1S/C21H20N2O4S/c1-12(2)16-9-17-14(10-26-18(17)6-13(16)3)7-20(25)27-11-15-8-19(24)23-4-5-28-21(23)22-15/h4-6,8-10,12H,7,11H2,1-3H3. The molecule has 0 amide bonds. The molecule has 0 atom stereocenters. The van der Waals surface area contributed by atoms with Crippen LogP contribution in [-0.2, 0) is 22.6 Å². The van der Waals surface area contributed by atoms with Gasteiger partial charge in [-0.15, -0.1) is 11.3 Å². The van der Waals surface area contributed by atoms with Crippen molar-refractivity contribution in [3.8, 4) is 0 Å². The summed E-state index contributed by atoms with van der Waals surface area (Å²) in [7, 11) is 0. The summed E-state index contributed by atoms with van der Waals surface area (Å²) in [5.74, 6) is -0.000878. The number of carbonyl (C=O) groups excluding carboxylic acids is 1. The molecule has 1 aromatic carbocycles. The van der Waals surface area contributed by atoms with Crippen LogP contribution in [0.5, 0.6) is 0 Å². The molecule has 0 aliphatic carbocycles. The van der Waals surface area contributed by atoms with Crippen LogP contribution in [0.3, 0.4) is 0 Å². The fraction of sp³-hybridized carbons (Fsp3) is 0.286. The summed E-state index contributed by atoms with van der Waals surface area (Å²) < 4.78 is 12.4. The zero-order valence-electron chi connectivity index (χ0n) is 15.9. The number of furan rings is 1. The average Bonchev–Trinajstić information content (AvgIpc) is 3.26. The second-order valence-corrected chi connectivity index (χ2v) is 7.97. The molecule has 0 saturated heterocycles. The molecule has 0 radical (unpaired) electrons. The van der Waals surface area contributed by atoms with E-state index in [2.05, 4.69) is 31.8 Å². The van der Waals surface area contributed by atoms with Gasteiger partial charge in [0.25, 0.3) is 5.56 Å². The van der Waals surface area contributed by atoms with Crippen molar-refractivity contribution in [2.24, 2.45) is 0 Å². The highest BCUT2D eigenvalue weighted by molar-refractivity contribution is 7.15. The molecule has 144 valence electrons. The SMILES string of the molecule is Cc1cc2occ(CC(=O)OCc3cc(=O)n4ccsc4n3)c2cc1C(C)C. The van der Waals surface area contributed by atoms with E-state index in [4.69, 9.17) is 9.15 Å². The Morgan fingerprint density at radius 3 is 2.93 bits per heavy atom. The van der Waals surface area contributed by atoms with Crippen LogP contribution < -0.4 is 5.56 Å². The summed E-state index contributed by atoms with van der Waals surface area (Å²) in [6.45, 7) is 6.31. The number of ether oxygens (including phenoxy) is 1. The first-order valence-electron chi connectivity index (χ1n) is 9.04. The van der Waals surface area contributed by atoms with Gasteiger partial charge in [0.05, 0.1) is 18.4 Å². The van der Waals surface area contributed by atoms with Gasteiger partial charge in [-0.1, -0.05) is 13.8 Å². The van der Waals surface area contributed by atoms with Gasteiger partial charge in [-0.2, -0.15) is 0 Å². The summed E-state index contributed by atoms with van der Waals surface area (Å²) in [5.41, 5.74) is 4.22. The Hall–Kier alpha value is -2.93. The smallest absolute Gasteiger partial charge is 0.310 e. The van der Waals surface area contributed by atoms with Crippen molar-refractivity contribution >= 4 is 33.2 Å². The van der Waals surface area contributed by atoms with Gasteiger partial charge in [-0.25, -0.2) is 4.98 Å². The van der Waals surface area contributed by atoms with E-state index >= 15 is 0 Å². The lowest BCUT2D eigenvalue weighted by molar-refractivity contribution is -0.144. The lowest BCUT2D eigenvalue weighted by Gasteiger charge is -2.10. The minimum absolute atomic E-state index is 0.0331. The molecule has 0 fully saturated rings. The largest absolute Gasteiger partial charge is 0.464 e. The number of hydrogen-bond donors (Lipinski definition) is 0. The average molecular weight is 396 g/mol. The lowest BCUT2D eigenvalue weighted by atomic mass is 9.95. The predicted molar refractivity (Wildman–Crippen MR) is 108 cm³/mol. The minimum Gasteiger partial charge on any atom is -0.464 e. The van der Waals surface area contributed by atoms with Crippen molar-refractivity contribution in [3.63, 3.8) is 0 Å². The number of esters is 1. The summed E-state index contributed by atoms with van der Waals surface area (Å²) in [5, 5.41) is 2.72. The molecular weight excluding hydrogens is 376 g/mol. The molecule has 0 aliphatic heterocycles. The molecule has 28 heavy (non-hydrogen) atoms. The van der Waals surface area contributed by atoms with Gasteiger partial charge in [0, 0.05) is 28.6 Å². The Kier molecular flexibility index (Phi) is 4.77. The number of hydrogen-bond acceptors (Lipinski definition) is 6. The third kappa shape index (κ3) is 3.45. The van der Waals surface area contributed by atoms with Crippen LogP contribution >= 0.6 is 11.3 Å². The van der Waals surface area contributed by atoms with E-state index in [-0.39, 0.29) is 24.6 Å². The van der Waals surface area contributed by atoms with Gasteiger partial charge in [-0.05, 0) is 36.1 Å². The van der Waals surface area contributed by atoms with E-state index in [1.807, 2.05) is 6.07 Å². The Morgan fingerprint density at radius 2 is 2.14 bits per heavy atom. The van der Waals surface area contributed by atoms with E-state index in [1.54, 1.807) is 17.8 Å². The highest BCUT2D eigenvalue weighted by atomic mass is 32.1. The molecule has 4 aromatic rings. The van der Waals surface area contributed by atoms with Crippen molar-refractivity contribution in [2.45, 2.75) is 39.7 Å². The van der Waals surface area contributed by atoms with E-state index in [0.29, 0.717) is 16.6 Å². The third-order valence-corrected chi connectivity index (χ3v) is 5.49. The van der Waals surface area contributed by atoms with Crippen molar-refractivity contribution in [1.29, 1.82) is 0 Å². The third-order valence-electron chi connectivity index (χ3n) is 4.74. The van der Waals surface area contributed by atoms with Crippen LogP contribution in [0.4, 0.5) is 0 Å². The molecule has 3 heterocycles. The highest BCUT2D eigenvalue weighted by Gasteiger charge is 2.15. The summed E-state index contributed by atoms with van der Waals surface area (Å²) in [4.78, 5) is 29.3. The van der Waals surface area contributed by atoms with Gasteiger partial charge in [0.1, 0.15) is 12.2 Å². The number of carbonyl (C=O) groups is 1. The van der Waals surface area contributed by atoms with Crippen LogP contribution in [0.15, 0.2) is 45.3 Å². The number of benzene rings is 1. The number of thiazole rings is 1. The number of aryl methyl sites for hydroxylation is 1. The van der Waals surface area contributed by atoms with E-state index < -0.39 is 0 Å². The normalized spacial score (nSPS) is 11.6. The van der Waals surface area contributed by atoms with Gasteiger partial charge >= 0.3 is 5.97 Å². The van der Waals surface area contributed by atoms with E-state index in [1.165, 1.54) is 32.9 Å². The predicted octanol–water partition coefficient (Wildman–Crippen LogP) is 4.22. The Labute approximate surface area is 165 Å². The van der Waals surface area contributed by atoms with Crippen LogP contribution in [0, 0.1) is 6.92 Å². The quantitative estimate of drug-likeness (QED) is 0.472. The highest BCUT2D eigenvalue weighted by Crippen LogP contribution is 2.29. The Bertz CT molecular complexity index is 1230. The minimum atomic E-state index is -0.387. The zero-order chi connectivity index (χ0) is 19.8. The molecule has 0 unspecified atom stereocenters. The molecule has 0 N–H and O–H groups in total. The fourth-order valence-electron chi connectivity index (χ4n) is 3.33. The Balaban J connectivity index is 1.50. The number of aromatic nitrogens is 2. The maximum atomic E-state index is 12.3. The monoisotopic (exact) mass is 396 g/mol. The van der Waals surface area contributed by atoms with Gasteiger partial charge in [-0.3, -0.25) is 14.0 Å². The van der Waals surface area contributed by atoms with Crippen molar-refractivity contribution in [1.82, 2.24) is 9.38 Å². The van der Waals surface area contributed by atoms with Crippen LogP contribution in [0.1, 0.15) is 42.1 Å². The topological polar surface area (TPSA) is 73.8 Å². The molecule has 0 saturated carbocycles. The summed E-state index contributed by atoms with van der Waals surface area (Å²) in [6.07, 6.45) is 3.38. The first kappa shape index (κ1) is 18.4. The summed E-state index contributed by atoms with van der Waals surface area (Å²) in [6, 6.07) is 5.49. The van der Waals surface area contributed by atoms with Crippen molar-refractivity contribution < 1.29 is 13.9 Å². The van der Waals surface area contributed by atoms with E-state index in [9.17, 15) is 9.59 Å². The van der Waals surface area contributed by atoms with Crippen LogP contribution in [0.25, 0.3) is 15.9 Å². The molecule has 3 aromatic heterocycles. The number of fused-ring (bicyclic) bond motifs is 2. The zero-order valence-corrected chi connectivity index (χ0v) is 16.7. The molecule has 0 spiro atoms. The lowest BCUT2D eigenvalue weighted by Crippen LogP contribution is -2.15. The molecular formula is C21H20N2O4S. The maximum Gasteiger partial charge on any atom is 0.310 e. The first-order chi connectivity index (χ1) is 13.4. The molecule has 6 nitrogen and oxygen atoms in total. The van der Waals surface area contributed by atoms with Crippen LogP contribution in [0.2, 0.25) is 0 Å². The van der Waals surface area contributed by atoms with Gasteiger partial charge in [0.15, 0.2) is 4.96 Å². The second-order valence-electron chi connectivity index (χ2n) is 7.10. The summed E-state index contributed by atoms with van der Waals surface area (Å²) >= 11 is 1.36. The first-order valence-corrected chi connectivity index (χ1v) is 9.92. The molecule has 0 bridgehead atoms. The molecule has 0 aliphatic rings. The number of nitrogens with zero attached hydrogens (tertiary/aromatic N) is 2. The van der Waals surface area contributed by atoms with E-state index in [0.717, 1.165) is 16.5 Å². The van der Waals surface area contributed by atoms with Gasteiger partial charge in [0.2, 0.25) is 0 Å². The van der Waals surface area contributed by atoms with Crippen molar-refractivity contribution in [2.75, 3.05) is 0 Å². The molecule has 4 rings (SSSR count).